The zero-order valence-corrected chi connectivity index (χ0v) is 9.21. The van der Waals surface area contributed by atoms with Gasteiger partial charge in [-0.15, -0.1) is 0 Å². The number of aromatic nitrogens is 1. The largest absolute Gasteiger partial charge is 0.508 e. The van der Waals surface area contributed by atoms with Crippen molar-refractivity contribution >= 4 is 24.4 Å². The Morgan fingerprint density at radius 2 is 2.31 bits per heavy atom. The lowest BCUT2D eigenvalue weighted by Gasteiger charge is -2.15. The Labute approximate surface area is 94.1 Å². The van der Waals surface area contributed by atoms with E-state index < -0.39 is 7.12 Å². The summed E-state index contributed by atoms with van der Waals surface area (Å²) >= 11 is 0. The van der Waals surface area contributed by atoms with Gasteiger partial charge in [-0.1, -0.05) is 0 Å². The lowest BCUT2D eigenvalue weighted by atomic mass is 9.85. The molecule has 3 N–H and O–H groups in total. The van der Waals surface area contributed by atoms with Crippen LogP contribution in [0.2, 0.25) is 0 Å². The lowest BCUT2D eigenvalue weighted by molar-refractivity contribution is 0.224. The summed E-state index contributed by atoms with van der Waals surface area (Å²) in [4.78, 5) is 16.7. The maximum Gasteiger partial charge on any atom is 0.508 e. The molecule has 1 rings (SSSR count). The van der Waals surface area contributed by atoms with E-state index in [0.717, 1.165) is 0 Å². The number of carbonyl (C=O) groups excluding carboxylic acids is 1. The fraction of sp³-hybridized carbons (Fsp3) is 0.333. The molecule has 0 aliphatic carbocycles. The Bertz CT molecular complexity index is 373. The fourth-order valence-electron chi connectivity index (χ4n) is 1.03. The van der Waals surface area contributed by atoms with Gasteiger partial charge >= 0.3 is 13.1 Å². The molecular formula is C9H14BN3O3. The first-order valence-electron chi connectivity index (χ1n) is 4.88. The number of hydrogen-bond donors (Lipinski definition) is 3. The topological polar surface area (TPSA) is 85.7 Å². The number of pyridine rings is 1. The van der Waals surface area contributed by atoms with Crippen molar-refractivity contribution in [2.75, 3.05) is 18.9 Å². The molecule has 0 bridgehead atoms. The molecule has 1 aromatic heterocycles. The van der Waals surface area contributed by atoms with Crippen LogP contribution in [-0.4, -0.2) is 46.7 Å². The van der Waals surface area contributed by atoms with Gasteiger partial charge in [0.15, 0.2) is 0 Å². The highest BCUT2D eigenvalue weighted by Crippen LogP contribution is 2.03. The predicted molar refractivity (Wildman–Crippen MR) is 61.4 cm³/mol. The molecule has 0 spiro atoms. The number of rotatable bonds is 3. The number of urea groups is 1. The zero-order chi connectivity index (χ0) is 12.1. The molecule has 6 nitrogen and oxygen atoms in total. The summed E-state index contributed by atoms with van der Waals surface area (Å²) in [5.74, 6) is 0. The predicted octanol–water partition coefficient (Wildman–Crippen LogP) is -0.755. The minimum atomic E-state index is -1.64. The molecule has 0 radical (unpaired) electrons. The highest BCUT2D eigenvalue weighted by molar-refractivity contribution is 6.57. The minimum absolute atomic E-state index is 0.0944. The van der Waals surface area contributed by atoms with E-state index in [0.29, 0.717) is 12.2 Å². The van der Waals surface area contributed by atoms with E-state index in [2.05, 4.69) is 10.3 Å². The third-order valence-corrected chi connectivity index (χ3v) is 2.12. The van der Waals surface area contributed by atoms with Crippen LogP contribution in [0, 0.1) is 0 Å². The van der Waals surface area contributed by atoms with Crippen LogP contribution in [0.5, 0.6) is 0 Å². The highest BCUT2D eigenvalue weighted by atomic mass is 16.4. The lowest BCUT2D eigenvalue weighted by Crippen LogP contribution is -2.34. The van der Waals surface area contributed by atoms with Gasteiger partial charge in [-0.3, -0.25) is 4.98 Å². The first-order chi connectivity index (χ1) is 7.54. The van der Waals surface area contributed by atoms with Gasteiger partial charge in [-0.25, -0.2) is 4.79 Å². The van der Waals surface area contributed by atoms with Crippen molar-refractivity contribution in [1.29, 1.82) is 0 Å². The summed E-state index contributed by atoms with van der Waals surface area (Å²) < 4.78 is 0. The van der Waals surface area contributed by atoms with E-state index in [1.165, 1.54) is 17.2 Å². The standard InChI is InChI=1S/C9H14BN3O3/c1-3-13(2)9(14)12-7-4-5-11-8(6-7)10(15)16/h4-6,15-16H,3H2,1-2H3,(H,11,12,14). The van der Waals surface area contributed by atoms with E-state index in [1.807, 2.05) is 6.92 Å². The molecule has 0 aromatic carbocycles. The average molecular weight is 223 g/mol. The van der Waals surface area contributed by atoms with Crippen LogP contribution in [-0.2, 0) is 0 Å². The average Bonchev–Trinajstić information content (AvgIpc) is 2.28. The molecule has 16 heavy (non-hydrogen) atoms. The fourth-order valence-corrected chi connectivity index (χ4v) is 1.03. The Balaban J connectivity index is 2.74. The van der Waals surface area contributed by atoms with E-state index >= 15 is 0 Å². The van der Waals surface area contributed by atoms with Crippen molar-refractivity contribution in [3.63, 3.8) is 0 Å². The Hall–Kier alpha value is -1.60. The molecule has 0 aliphatic heterocycles. The van der Waals surface area contributed by atoms with Gasteiger partial charge in [0, 0.05) is 25.5 Å². The maximum absolute atomic E-state index is 11.5. The number of nitrogens with zero attached hydrogens (tertiary/aromatic N) is 2. The van der Waals surface area contributed by atoms with E-state index in [9.17, 15) is 4.79 Å². The van der Waals surface area contributed by atoms with Gasteiger partial charge in [0.1, 0.15) is 0 Å². The molecule has 0 atom stereocenters. The van der Waals surface area contributed by atoms with Crippen LogP contribution in [0.4, 0.5) is 10.5 Å². The number of hydrogen-bond acceptors (Lipinski definition) is 4. The minimum Gasteiger partial charge on any atom is -0.422 e. The summed E-state index contributed by atoms with van der Waals surface area (Å²) in [6.45, 7) is 2.45. The van der Waals surface area contributed by atoms with Gasteiger partial charge in [0.05, 0.1) is 5.59 Å². The number of nitrogens with one attached hydrogen (secondary N) is 1. The summed E-state index contributed by atoms with van der Waals surface area (Å²) in [7, 11) is 0.0268. The van der Waals surface area contributed by atoms with Gasteiger partial charge in [0.25, 0.3) is 0 Å². The van der Waals surface area contributed by atoms with Crippen LogP contribution >= 0.6 is 0 Å². The van der Waals surface area contributed by atoms with Crippen molar-refractivity contribution in [3.05, 3.63) is 18.3 Å². The molecule has 0 saturated carbocycles. The van der Waals surface area contributed by atoms with E-state index in [4.69, 9.17) is 10.0 Å². The van der Waals surface area contributed by atoms with Crippen molar-refractivity contribution in [1.82, 2.24) is 9.88 Å². The zero-order valence-electron chi connectivity index (χ0n) is 9.21. The van der Waals surface area contributed by atoms with Gasteiger partial charge in [0.2, 0.25) is 0 Å². The third-order valence-electron chi connectivity index (χ3n) is 2.12. The van der Waals surface area contributed by atoms with Crippen molar-refractivity contribution in [3.8, 4) is 0 Å². The summed E-state index contributed by atoms with van der Waals surface area (Å²) in [5, 5.41) is 20.4. The van der Waals surface area contributed by atoms with Crippen LogP contribution in [0.1, 0.15) is 6.92 Å². The summed E-state index contributed by atoms with van der Waals surface area (Å²) in [6, 6.07) is 2.73. The Morgan fingerprint density at radius 1 is 1.62 bits per heavy atom. The summed E-state index contributed by atoms with van der Waals surface area (Å²) in [5.41, 5.74) is 0.570. The molecule has 0 aliphatic rings. The van der Waals surface area contributed by atoms with Gasteiger partial charge in [-0.2, -0.15) is 0 Å². The first kappa shape index (κ1) is 12.5. The first-order valence-corrected chi connectivity index (χ1v) is 4.88. The molecule has 7 heteroatoms. The Kier molecular flexibility index (Phi) is 4.27. The van der Waals surface area contributed by atoms with Crippen LogP contribution in [0.3, 0.4) is 0 Å². The van der Waals surface area contributed by atoms with Crippen LogP contribution in [0.25, 0.3) is 0 Å². The maximum atomic E-state index is 11.5. The number of carbonyl (C=O) groups is 1. The smallest absolute Gasteiger partial charge is 0.422 e. The van der Waals surface area contributed by atoms with Gasteiger partial charge < -0.3 is 20.3 Å². The quantitative estimate of drug-likeness (QED) is 0.588. The highest BCUT2D eigenvalue weighted by Gasteiger charge is 2.14. The van der Waals surface area contributed by atoms with Crippen molar-refractivity contribution < 1.29 is 14.8 Å². The number of anilines is 1. The molecule has 1 heterocycles. The van der Waals surface area contributed by atoms with E-state index in [1.54, 1.807) is 13.1 Å². The number of amides is 2. The second-order valence-corrected chi connectivity index (χ2v) is 3.29. The van der Waals surface area contributed by atoms with Crippen LogP contribution < -0.4 is 10.9 Å². The van der Waals surface area contributed by atoms with Crippen molar-refractivity contribution in [2.45, 2.75) is 6.92 Å². The SMILES string of the molecule is CCN(C)C(=O)Nc1ccnc(B(O)O)c1. The molecular weight excluding hydrogens is 209 g/mol. The third kappa shape index (κ3) is 3.21. The monoisotopic (exact) mass is 223 g/mol. The second kappa shape index (κ2) is 5.48. The molecule has 86 valence electrons. The molecule has 1 aromatic rings. The molecule has 0 fully saturated rings. The van der Waals surface area contributed by atoms with Gasteiger partial charge in [-0.05, 0) is 19.1 Å². The molecule has 2 amide bonds. The van der Waals surface area contributed by atoms with Crippen molar-refractivity contribution in [2.24, 2.45) is 0 Å². The van der Waals surface area contributed by atoms with Crippen LogP contribution in [0.15, 0.2) is 18.3 Å². The Morgan fingerprint density at radius 3 is 2.88 bits per heavy atom. The summed E-state index contributed by atoms with van der Waals surface area (Å²) in [6.07, 6.45) is 1.40. The molecule has 0 saturated heterocycles. The van der Waals surface area contributed by atoms with E-state index in [-0.39, 0.29) is 11.6 Å². The molecule has 0 unspecified atom stereocenters. The second-order valence-electron chi connectivity index (χ2n) is 3.29. The normalized spacial score (nSPS) is 9.75.